The minimum absolute atomic E-state index is 0.116. The Hall–Kier alpha value is -0.730. The Labute approximate surface area is 128 Å². The monoisotopic (exact) mass is 313 g/mol. The fourth-order valence-corrected chi connectivity index (χ4v) is 2.54. The van der Waals surface area contributed by atoms with Gasteiger partial charge >= 0.3 is 0 Å². The van der Waals surface area contributed by atoms with E-state index >= 15 is 0 Å². The van der Waals surface area contributed by atoms with Gasteiger partial charge in [-0.25, -0.2) is 0 Å². The molecule has 0 bridgehead atoms. The van der Waals surface area contributed by atoms with Crippen molar-refractivity contribution in [3.8, 4) is 0 Å². The van der Waals surface area contributed by atoms with E-state index in [1.807, 2.05) is 37.3 Å². The summed E-state index contributed by atoms with van der Waals surface area (Å²) >= 11 is 18.0. The molecule has 0 saturated heterocycles. The summed E-state index contributed by atoms with van der Waals surface area (Å²) in [6.07, 6.45) is 0.664. The van der Waals surface area contributed by atoms with E-state index in [1.165, 1.54) is 0 Å². The van der Waals surface area contributed by atoms with Gasteiger partial charge in [-0.05, 0) is 48.2 Å². The summed E-state index contributed by atoms with van der Waals surface area (Å²) in [4.78, 5) is 0. The van der Waals surface area contributed by atoms with Crippen molar-refractivity contribution < 1.29 is 0 Å². The van der Waals surface area contributed by atoms with E-state index in [0.717, 1.165) is 21.7 Å². The van der Waals surface area contributed by atoms with Gasteiger partial charge in [0.25, 0.3) is 0 Å². The molecule has 4 heteroatoms. The number of hydrogen-bond acceptors (Lipinski definition) is 1. The van der Waals surface area contributed by atoms with Gasteiger partial charge in [-0.2, -0.15) is 0 Å². The maximum atomic E-state index is 6.22. The van der Waals surface area contributed by atoms with Gasteiger partial charge in [0.15, 0.2) is 0 Å². The number of benzene rings is 2. The molecular weight excluding hydrogens is 301 g/mol. The summed E-state index contributed by atoms with van der Waals surface area (Å²) in [7, 11) is 0. The molecule has 1 unspecified atom stereocenters. The lowest BCUT2D eigenvalue weighted by atomic mass is 9.98. The molecule has 0 aliphatic rings. The second kappa shape index (κ2) is 6.15. The van der Waals surface area contributed by atoms with Crippen LogP contribution in [0.15, 0.2) is 36.4 Å². The number of halogens is 3. The van der Waals surface area contributed by atoms with E-state index in [9.17, 15) is 0 Å². The molecule has 0 aliphatic carbocycles. The van der Waals surface area contributed by atoms with Crippen LogP contribution >= 0.6 is 34.8 Å². The molecule has 19 heavy (non-hydrogen) atoms. The summed E-state index contributed by atoms with van der Waals surface area (Å²) in [5.74, 6) is 0. The fraction of sp³-hybridized carbons (Fsp3) is 0.200. The van der Waals surface area contributed by atoms with E-state index in [0.29, 0.717) is 16.5 Å². The van der Waals surface area contributed by atoms with Crippen molar-refractivity contribution in [1.29, 1.82) is 0 Å². The maximum absolute atomic E-state index is 6.22. The zero-order valence-electron chi connectivity index (χ0n) is 10.5. The van der Waals surface area contributed by atoms with Crippen LogP contribution in [0, 0.1) is 6.92 Å². The fourth-order valence-electron chi connectivity index (χ4n) is 1.94. The Balaban J connectivity index is 2.20. The van der Waals surface area contributed by atoms with E-state index in [1.54, 1.807) is 6.07 Å². The molecule has 0 aliphatic heterocycles. The number of rotatable bonds is 3. The molecule has 2 rings (SSSR count). The van der Waals surface area contributed by atoms with E-state index in [4.69, 9.17) is 40.5 Å². The Morgan fingerprint density at radius 1 is 1.00 bits per heavy atom. The van der Waals surface area contributed by atoms with E-state index in [2.05, 4.69) is 0 Å². The summed E-state index contributed by atoms with van der Waals surface area (Å²) < 4.78 is 0. The van der Waals surface area contributed by atoms with Gasteiger partial charge in [-0.15, -0.1) is 0 Å². The third-order valence-electron chi connectivity index (χ3n) is 3.07. The molecule has 0 amide bonds. The van der Waals surface area contributed by atoms with Crippen LogP contribution in [0.1, 0.15) is 22.7 Å². The Morgan fingerprint density at radius 3 is 2.37 bits per heavy atom. The van der Waals surface area contributed by atoms with E-state index in [-0.39, 0.29) is 6.04 Å². The molecule has 0 heterocycles. The zero-order chi connectivity index (χ0) is 14.0. The highest BCUT2D eigenvalue weighted by atomic mass is 35.5. The lowest BCUT2D eigenvalue weighted by Crippen LogP contribution is -2.13. The smallest absolute Gasteiger partial charge is 0.0453 e. The molecule has 0 fully saturated rings. The highest BCUT2D eigenvalue weighted by molar-refractivity contribution is 6.35. The van der Waals surface area contributed by atoms with Gasteiger partial charge in [0, 0.05) is 21.1 Å². The molecule has 100 valence electrons. The molecule has 0 spiro atoms. The second-order valence-electron chi connectivity index (χ2n) is 4.55. The summed E-state index contributed by atoms with van der Waals surface area (Å²) in [5.41, 5.74) is 9.28. The molecule has 0 aromatic heterocycles. The molecule has 1 nitrogen and oxygen atoms in total. The van der Waals surface area contributed by atoms with Crippen LogP contribution in [-0.2, 0) is 6.42 Å². The third kappa shape index (κ3) is 3.64. The minimum Gasteiger partial charge on any atom is -0.324 e. The molecule has 1 atom stereocenters. The Kier molecular flexibility index (Phi) is 4.75. The number of nitrogens with two attached hydrogens (primary N) is 1. The Bertz CT molecular complexity index is 596. The molecule has 2 aromatic rings. The first-order valence-electron chi connectivity index (χ1n) is 5.93. The molecule has 2 aromatic carbocycles. The standard InChI is InChI=1S/C15H14Cl3N/c1-9-6-11(3-5-13(9)17)15(19)7-10-2-4-12(16)8-14(10)18/h2-6,8,15H,7,19H2,1H3. The molecule has 0 saturated carbocycles. The lowest BCUT2D eigenvalue weighted by molar-refractivity contribution is 0.721. The SMILES string of the molecule is Cc1cc(C(N)Cc2ccc(Cl)cc2Cl)ccc1Cl. The number of aryl methyl sites for hydroxylation is 1. The van der Waals surface area contributed by atoms with Gasteiger partial charge in [0.05, 0.1) is 0 Å². The molecule has 2 N–H and O–H groups in total. The average Bonchev–Trinajstić information content (AvgIpc) is 2.36. The van der Waals surface area contributed by atoms with Crippen molar-refractivity contribution in [2.24, 2.45) is 5.73 Å². The van der Waals surface area contributed by atoms with Crippen LogP contribution in [-0.4, -0.2) is 0 Å². The van der Waals surface area contributed by atoms with Crippen molar-refractivity contribution in [1.82, 2.24) is 0 Å². The summed E-state index contributed by atoms with van der Waals surface area (Å²) in [6.45, 7) is 1.97. The van der Waals surface area contributed by atoms with Crippen molar-refractivity contribution in [3.05, 3.63) is 68.2 Å². The van der Waals surface area contributed by atoms with Crippen molar-refractivity contribution in [3.63, 3.8) is 0 Å². The van der Waals surface area contributed by atoms with Gasteiger partial charge in [-0.3, -0.25) is 0 Å². The van der Waals surface area contributed by atoms with Crippen molar-refractivity contribution in [2.75, 3.05) is 0 Å². The first-order valence-corrected chi connectivity index (χ1v) is 7.06. The van der Waals surface area contributed by atoms with Gasteiger partial charge < -0.3 is 5.73 Å². The highest BCUT2D eigenvalue weighted by Gasteiger charge is 2.11. The maximum Gasteiger partial charge on any atom is 0.0453 e. The van der Waals surface area contributed by atoms with Crippen LogP contribution in [0.25, 0.3) is 0 Å². The quantitative estimate of drug-likeness (QED) is 0.828. The topological polar surface area (TPSA) is 26.0 Å². The van der Waals surface area contributed by atoms with Crippen LogP contribution in [0.2, 0.25) is 15.1 Å². The average molecular weight is 315 g/mol. The molecular formula is C15H14Cl3N. The first kappa shape index (κ1) is 14.7. The predicted molar refractivity (Wildman–Crippen MR) is 83.3 cm³/mol. The largest absolute Gasteiger partial charge is 0.324 e. The lowest BCUT2D eigenvalue weighted by Gasteiger charge is -2.14. The van der Waals surface area contributed by atoms with Gasteiger partial charge in [0.2, 0.25) is 0 Å². The minimum atomic E-state index is -0.116. The highest BCUT2D eigenvalue weighted by Crippen LogP contribution is 2.26. The second-order valence-corrected chi connectivity index (χ2v) is 5.81. The van der Waals surface area contributed by atoms with E-state index < -0.39 is 0 Å². The third-order valence-corrected chi connectivity index (χ3v) is 4.08. The van der Waals surface area contributed by atoms with Crippen LogP contribution in [0.3, 0.4) is 0 Å². The molecule has 0 radical (unpaired) electrons. The Morgan fingerprint density at radius 2 is 1.74 bits per heavy atom. The van der Waals surface area contributed by atoms with Crippen LogP contribution in [0.5, 0.6) is 0 Å². The number of hydrogen-bond donors (Lipinski definition) is 1. The zero-order valence-corrected chi connectivity index (χ0v) is 12.7. The van der Waals surface area contributed by atoms with Crippen LogP contribution < -0.4 is 5.73 Å². The van der Waals surface area contributed by atoms with Crippen molar-refractivity contribution in [2.45, 2.75) is 19.4 Å². The van der Waals surface area contributed by atoms with Crippen molar-refractivity contribution >= 4 is 34.8 Å². The predicted octanol–water partition coefficient (Wildman–Crippen LogP) is 5.20. The first-order chi connectivity index (χ1) is 8.97. The van der Waals surface area contributed by atoms with Gasteiger partial charge in [-0.1, -0.05) is 53.0 Å². The summed E-state index contributed by atoms with van der Waals surface area (Å²) in [6, 6.07) is 11.2. The summed E-state index contributed by atoms with van der Waals surface area (Å²) in [5, 5.41) is 2.03. The van der Waals surface area contributed by atoms with Gasteiger partial charge in [0.1, 0.15) is 0 Å². The normalized spacial score (nSPS) is 12.5. The van der Waals surface area contributed by atoms with Crippen LogP contribution in [0.4, 0.5) is 0 Å².